The minimum absolute atomic E-state index is 0.120. The first-order valence-corrected chi connectivity index (χ1v) is 9.96. The molecule has 0 N–H and O–H groups in total. The average Bonchev–Trinajstić information content (AvgIpc) is 2.92. The van der Waals surface area contributed by atoms with Crippen molar-refractivity contribution in [2.75, 3.05) is 45.2 Å². The molecule has 3 fully saturated rings. The summed E-state index contributed by atoms with van der Waals surface area (Å²) in [5.74, 6) is 1.22. The molecule has 26 heavy (non-hydrogen) atoms. The number of rotatable bonds is 2. The summed E-state index contributed by atoms with van der Waals surface area (Å²) in [5, 5.41) is 0. The largest absolute Gasteiger partial charge is 0.304 e. The number of para-hydroxylation sites is 1. The van der Waals surface area contributed by atoms with Gasteiger partial charge < -0.3 is 4.90 Å². The monoisotopic (exact) mass is 354 g/mol. The van der Waals surface area contributed by atoms with Crippen LogP contribution in [0.5, 0.6) is 0 Å². The maximum absolute atomic E-state index is 13.8. The second-order valence-corrected chi connectivity index (χ2v) is 8.02. The van der Waals surface area contributed by atoms with E-state index in [0.29, 0.717) is 0 Å². The highest BCUT2D eigenvalue weighted by Gasteiger charge is 2.59. The number of anilines is 1. The van der Waals surface area contributed by atoms with Crippen molar-refractivity contribution in [3.8, 4) is 0 Å². The molecule has 1 amide bonds. The Labute approximate surface area is 156 Å². The van der Waals surface area contributed by atoms with Crippen molar-refractivity contribution >= 4 is 17.4 Å². The fourth-order valence-electron chi connectivity index (χ4n) is 5.12. The van der Waals surface area contributed by atoms with Crippen molar-refractivity contribution < 1.29 is 4.79 Å². The molecule has 1 aliphatic carbocycles. The van der Waals surface area contributed by atoms with E-state index in [-0.39, 0.29) is 17.4 Å². The normalized spacial score (nSPS) is 29.0. The fourth-order valence-corrected chi connectivity index (χ4v) is 5.12. The maximum atomic E-state index is 13.8. The quantitative estimate of drug-likeness (QED) is 0.820. The van der Waals surface area contributed by atoms with Crippen molar-refractivity contribution in [2.45, 2.75) is 38.1 Å². The van der Waals surface area contributed by atoms with E-state index in [0.717, 1.165) is 63.4 Å². The van der Waals surface area contributed by atoms with E-state index in [4.69, 9.17) is 0 Å². The Hall–Kier alpha value is -1.72. The van der Waals surface area contributed by atoms with E-state index < -0.39 is 0 Å². The number of amides is 1. The molecule has 5 nitrogen and oxygen atoms in total. The molecule has 1 aromatic carbocycles. The molecule has 0 aromatic heterocycles. The lowest BCUT2D eigenvalue weighted by Gasteiger charge is -2.44. The van der Waals surface area contributed by atoms with Gasteiger partial charge in [0.1, 0.15) is 5.84 Å². The molecular weight excluding hydrogens is 324 g/mol. The summed E-state index contributed by atoms with van der Waals surface area (Å²) in [5.41, 5.74) is 0.665. The molecule has 1 spiro atoms. The van der Waals surface area contributed by atoms with Crippen LogP contribution < -0.4 is 4.90 Å². The number of hydrogen-bond acceptors (Lipinski definition) is 4. The van der Waals surface area contributed by atoms with Crippen LogP contribution in [-0.2, 0) is 4.79 Å². The molecule has 1 saturated carbocycles. The summed E-state index contributed by atoms with van der Waals surface area (Å²) in [7, 11) is 4.03. The second-order valence-electron chi connectivity index (χ2n) is 8.02. The molecule has 1 aromatic rings. The van der Waals surface area contributed by atoms with E-state index in [2.05, 4.69) is 21.8 Å². The summed E-state index contributed by atoms with van der Waals surface area (Å²) < 4.78 is 0. The highest BCUT2D eigenvalue weighted by molar-refractivity contribution is 6.27. The molecule has 3 aliphatic rings. The third-order valence-electron chi connectivity index (χ3n) is 6.52. The SMILES string of the molecule is CN=C1C(N2CCN(C)CC2)C2(CCCCC2)C(=O)N1c1ccccc1. The lowest BCUT2D eigenvalue weighted by molar-refractivity contribution is -0.130. The zero-order valence-corrected chi connectivity index (χ0v) is 16.0. The third kappa shape index (κ3) is 2.78. The molecule has 1 atom stereocenters. The Kier molecular flexibility index (Phi) is 4.84. The number of nitrogens with zero attached hydrogens (tertiary/aromatic N) is 4. The predicted molar refractivity (Wildman–Crippen MR) is 106 cm³/mol. The molecule has 2 saturated heterocycles. The third-order valence-corrected chi connectivity index (χ3v) is 6.52. The average molecular weight is 354 g/mol. The molecular formula is C21H30N4O. The Bertz CT molecular complexity index is 673. The van der Waals surface area contributed by atoms with Gasteiger partial charge in [0.2, 0.25) is 5.91 Å². The van der Waals surface area contributed by atoms with Crippen molar-refractivity contribution in [1.82, 2.24) is 9.80 Å². The van der Waals surface area contributed by atoms with Gasteiger partial charge in [0, 0.05) is 33.2 Å². The van der Waals surface area contributed by atoms with Crippen LogP contribution >= 0.6 is 0 Å². The molecule has 2 heterocycles. The van der Waals surface area contributed by atoms with Gasteiger partial charge in [0.15, 0.2) is 0 Å². The molecule has 140 valence electrons. The van der Waals surface area contributed by atoms with E-state index in [1.165, 1.54) is 6.42 Å². The summed E-state index contributed by atoms with van der Waals surface area (Å²) in [6.45, 7) is 4.14. The van der Waals surface area contributed by atoms with Crippen LogP contribution in [0.2, 0.25) is 0 Å². The van der Waals surface area contributed by atoms with E-state index >= 15 is 0 Å². The van der Waals surface area contributed by atoms with Gasteiger partial charge in [0.25, 0.3) is 0 Å². The second kappa shape index (κ2) is 7.12. The van der Waals surface area contributed by atoms with Crippen molar-refractivity contribution in [3.63, 3.8) is 0 Å². The zero-order chi connectivity index (χ0) is 18.1. The van der Waals surface area contributed by atoms with Gasteiger partial charge in [-0.2, -0.15) is 0 Å². The van der Waals surface area contributed by atoms with Gasteiger partial charge in [-0.25, -0.2) is 0 Å². The number of carbonyl (C=O) groups is 1. The summed E-state index contributed by atoms with van der Waals surface area (Å²) in [6.07, 6.45) is 5.52. The molecule has 1 unspecified atom stereocenters. The minimum atomic E-state index is -0.293. The predicted octanol–water partition coefficient (Wildman–Crippen LogP) is 2.63. The number of benzene rings is 1. The van der Waals surface area contributed by atoms with E-state index in [9.17, 15) is 4.79 Å². The topological polar surface area (TPSA) is 39.1 Å². The van der Waals surface area contributed by atoms with Crippen LogP contribution in [0.4, 0.5) is 5.69 Å². The standard InChI is InChI=1S/C21H30N4O/c1-22-19-18(24-15-13-23(2)14-16-24)21(11-7-4-8-12-21)20(26)25(19)17-9-5-3-6-10-17/h3,5-6,9-10,18H,4,7-8,11-16H2,1-2H3. The van der Waals surface area contributed by atoms with E-state index in [1.54, 1.807) is 0 Å². The zero-order valence-electron chi connectivity index (χ0n) is 16.0. The Balaban J connectivity index is 1.77. The van der Waals surface area contributed by atoms with Crippen LogP contribution in [0.15, 0.2) is 35.3 Å². The number of amidine groups is 1. The number of piperazine rings is 1. The number of hydrogen-bond donors (Lipinski definition) is 0. The number of aliphatic imine (C=N–C) groups is 1. The smallest absolute Gasteiger partial charge is 0.240 e. The fraction of sp³-hybridized carbons (Fsp3) is 0.619. The summed E-state index contributed by atoms with van der Waals surface area (Å²) >= 11 is 0. The molecule has 4 rings (SSSR count). The first kappa shape index (κ1) is 17.7. The van der Waals surface area contributed by atoms with Gasteiger partial charge in [0.05, 0.1) is 17.1 Å². The van der Waals surface area contributed by atoms with Crippen LogP contribution in [0.25, 0.3) is 0 Å². The molecule has 2 aliphatic heterocycles. The highest BCUT2D eigenvalue weighted by atomic mass is 16.2. The van der Waals surface area contributed by atoms with Crippen LogP contribution in [0.1, 0.15) is 32.1 Å². The first-order chi connectivity index (χ1) is 12.7. The summed E-state index contributed by atoms with van der Waals surface area (Å²) in [4.78, 5) is 25.3. The van der Waals surface area contributed by atoms with Crippen LogP contribution in [0.3, 0.4) is 0 Å². The lowest BCUT2D eigenvalue weighted by Crippen LogP contribution is -2.57. The molecule has 5 heteroatoms. The van der Waals surface area contributed by atoms with E-state index in [1.807, 2.05) is 42.3 Å². The van der Waals surface area contributed by atoms with Crippen LogP contribution in [-0.4, -0.2) is 67.9 Å². The van der Waals surface area contributed by atoms with Crippen molar-refractivity contribution in [2.24, 2.45) is 10.4 Å². The van der Waals surface area contributed by atoms with Crippen LogP contribution in [0, 0.1) is 5.41 Å². The molecule has 0 bridgehead atoms. The Morgan fingerprint density at radius 1 is 1.00 bits per heavy atom. The van der Waals surface area contributed by atoms with Crippen molar-refractivity contribution in [3.05, 3.63) is 30.3 Å². The van der Waals surface area contributed by atoms with Gasteiger partial charge in [-0.05, 0) is 32.0 Å². The highest BCUT2D eigenvalue weighted by Crippen LogP contribution is 2.49. The van der Waals surface area contributed by atoms with Gasteiger partial charge in [-0.1, -0.05) is 37.5 Å². The van der Waals surface area contributed by atoms with Gasteiger partial charge in [-0.3, -0.25) is 19.6 Å². The van der Waals surface area contributed by atoms with Gasteiger partial charge >= 0.3 is 0 Å². The Morgan fingerprint density at radius 2 is 1.65 bits per heavy atom. The number of likely N-dealkylation sites (N-methyl/N-ethyl adjacent to an activating group) is 1. The van der Waals surface area contributed by atoms with Gasteiger partial charge in [-0.15, -0.1) is 0 Å². The maximum Gasteiger partial charge on any atom is 0.240 e. The first-order valence-electron chi connectivity index (χ1n) is 9.96. The Morgan fingerprint density at radius 3 is 2.27 bits per heavy atom. The van der Waals surface area contributed by atoms with Crippen molar-refractivity contribution in [1.29, 1.82) is 0 Å². The minimum Gasteiger partial charge on any atom is -0.304 e. The molecule has 0 radical (unpaired) electrons. The lowest BCUT2D eigenvalue weighted by atomic mass is 9.69. The number of carbonyl (C=O) groups excluding carboxylic acids is 1. The summed E-state index contributed by atoms with van der Waals surface area (Å²) in [6, 6.07) is 10.2.